The molecule has 0 radical (unpaired) electrons. The third kappa shape index (κ3) is 2.62. The molecule has 0 fully saturated rings. The lowest BCUT2D eigenvalue weighted by Gasteiger charge is -2.14. The highest BCUT2D eigenvalue weighted by atomic mass is 79.9. The molecule has 6 nitrogen and oxygen atoms in total. The number of anilines is 1. The summed E-state index contributed by atoms with van der Waals surface area (Å²) in [5.74, 6) is 0. The first-order valence-corrected chi connectivity index (χ1v) is 9.53. The maximum Gasteiger partial charge on any atom is 0.330 e. The first kappa shape index (κ1) is 18.3. The number of hydrogen-bond acceptors (Lipinski definition) is 3. The van der Waals surface area contributed by atoms with Crippen molar-refractivity contribution in [3.05, 3.63) is 79.5 Å². The summed E-state index contributed by atoms with van der Waals surface area (Å²) < 4.78 is 5.35. The van der Waals surface area contributed by atoms with Crippen molar-refractivity contribution >= 4 is 32.5 Å². The molecule has 0 saturated heterocycles. The van der Waals surface area contributed by atoms with E-state index in [9.17, 15) is 9.59 Å². The molecule has 0 aliphatic heterocycles. The normalized spacial score (nSPS) is 11.3. The fourth-order valence-electron chi connectivity index (χ4n) is 3.54. The Kier molecular flexibility index (Phi) is 4.27. The molecule has 0 saturated carbocycles. The van der Waals surface area contributed by atoms with Gasteiger partial charge < -0.3 is 10.3 Å². The zero-order chi connectivity index (χ0) is 20.2. The van der Waals surface area contributed by atoms with E-state index in [0.29, 0.717) is 22.3 Å². The van der Waals surface area contributed by atoms with Crippen LogP contribution in [-0.2, 0) is 14.1 Å². The number of aryl methyl sites for hydroxylation is 2. The lowest BCUT2D eigenvalue weighted by atomic mass is 10.1. The van der Waals surface area contributed by atoms with Crippen molar-refractivity contribution in [3.8, 4) is 16.9 Å². The summed E-state index contributed by atoms with van der Waals surface area (Å²) in [6, 6.07) is 13.5. The molecule has 2 N–H and O–H groups in total. The van der Waals surface area contributed by atoms with E-state index in [1.807, 2.05) is 54.0 Å². The number of rotatable bonds is 2. The van der Waals surface area contributed by atoms with Gasteiger partial charge in [-0.2, -0.15) is 0 Å². The summed E-state index contributed by atoms with van der Waals surface area (Å²) >= 11 is 3.59. The Morgan fingerprint density at radius 3 is 2.39 bits per heavy atom. The minimum absolute atomic E-state index is 0.340. The van der Waals surface area contributed by atoms with E-state index < -0.39 is 0 Å². The van der Waals surface area contributed by atoms with Gasteiger partial charge in [-0.25, -0.2) is 4.79 Å². The summed E-state index contributed by atoms with van der Waals surface area (Å²) in [6.07, 6.45) is 1.80. The van der Waals surface area contributed by atoms with Gasteiger partial charge in [-0.05, 0) is 30.7 Å². The highest BCUT2D eigenvalue weighted by Gasteiger charge is 2.22. The van der Waals surface area contributed by atoms with E-state index in [-0.39, 0.29) is 11.2 Å². The molecule has 7 heteroatoms. The number of fused-ring (bicyclic) bond motifs is 1. The Labute approximate surface area is 169 Å². The smallest absolute Gasteiger partial charge is 0.330 e. The van der Waals surface area contributed by atoms with Crippen molar-refractivity contribution in [1.29, 1.82) is 0 Å². The quantitative estimate of drug-likeness (QED) is 0.487. The van der Waals surface area contributed by atoms with Crippen LogP contribution in [0.25, 0.3) is 27.8 Å². The Balaban J connectivity index is 2.26. The largest absolute Gasteiger partial charge is 0.397 e. The third-order valence-electron chi connectivity index (χ3n) is 5.01. The molecular formula is C21H19BrN4O2. The number of benzene rings is 2. The van der Waals surface area contributed by atoms with E-state index >= 15 is 0 Å². The number of halogens is 1. The second-order valence-corrected chi connectivity index (χ2v) is 7.71. The van der Waals surface area contributed by atoms with E-state index in [0.717, 1.165) is 25.9 Å². The number of nitrogens with zero attached hydrogens (tertiary/aromatic N) is 3. The zero-order valence-electron chi connectivity index (χ0n) is 15.7. The summed E-state index contributed by atoms with van der Waals surface area (Å²) in [4.78, 5) is 25.5. The van der Waals surface area contributed by atoms with Crippen LogP contribution in [0.4, 0.5) is 5.69 Å². The van der Waals surface area contributed by atoms with E-state index in [1.165, 1.54) is 11.6 Å². The highest BCUT2D eigenvalue weighted by Crippen LogP contribution is 2.36. The topological polar surface area (TPSA) is 75.0 Å². The Morgan fingerprint density at radius 1 is 1.00 bits per heavy atom. The van der Waals surface area contributed by atoms with Crippen molar-refractivity contribution in [2.24, 2.45) is 14.1 Å². The van der Waals surface area contributed by atoms with Gasteiger partial charge in [-0.15, -0.1) is 0 Å². The fraction of sp³-hybridized carbons (Fsp3) is 0.143. The minimum atomic E-state index is -0.370. The predicted octanol–water partition coefficient (Wildman–Crippen LogP) is 3.35. The zero-order valence-corrected chi connectivity index (χ0v) is 17.3. The monoisotopic (exact) mass is 438 g/mol. The van der Waals surface area contributed by atoms with Crippen LogP contribution in [0.15, 0.2) is 62.7 Å². The van der Waals surface area contributed by atoms with E-state index in [4.69, 9.17) is 5.73 Å². The van der Waals surface area contributed by atoms with Crippen molar-refractivity contribution in [1.82, 2.24) is 13.7 Å². The lowest BCUT2D eigenvalue weighted by Crippen LogP contribution is -2.36. The number of nitrogen functional groups attached to an aromatic ring is 1. The highest BCUT2D eigenvalue weighted by molar-refractivity contribution is 9.10. The molecule has 4 aromatic rings. The third-order valence-corrected chi connectivity index (χ3v) is 5.70. The Morgan fingerprint density at radius 2 is 1.71 bits per heavy atom. The standard InChI is InChI=1S/C21H19BrN4O2/c1-12-8-9-16(15(23)10-12)26-11-17-18(20(27)25(3)21(28)24(17)2)19(26)13-6-4-5-7-14(13)22/h4-11H,23H2,1-3H3. The maximum absolute atomic E-state index is 13.1. The van der Waals surface area contributed by atoms with Crippen LogP contribution in [-0.4, -0.2) is 13.7 Å². The van der Waals surface area contributed by atoms with Gasteiger partial charge in [-0.1, -0.05) is 40.2 Å². The van der Waals surface area contributed by atoms with Crippen LogP contribution in [0.1, 0.15) is 5.56 Å². The van der Waals surface area contributed by atoms with Gasteiger partial charge in [0.15, 0.2) is 0 Å². The van der Waals surface area contributed by atoms with Crippen molar-refractivity contribution in [3.63, 3.8) is 0 Å². The maximum atomic E-state index is 13.1. The van der Waals surface area contributed by atoms with Crippen molar-refractivity contribution in [2.75, 3.05) is 5.73 Å². The first-order valence-electron chi connectivity index (χ1n) is 8.73. The minimum Gasteiger partial charge on any atom is -0.397 e. The molecule has 0 spiro atoms. The van der Waals surface area contributed by atoms with Gasteiger partial charge >= 0.3 is 5.69 Å². The molecule has 0 unspecified atom stereocenters. The molecule has 2 aromatic carbocycles. The van der Waals surface area contributed by atoms with Crippen LogP contribution in [0.5, 0.6) is 0 Å². The number of aromatic nitrogens is 3. The molecule has 0 aliphatic rings. The number of nitrogens with two attached hydrogens (primary N) is 1. The van der Waals surface area contributed by atoms with Gasteiger partial charge in [0.25, 0.3) is 5.56 Å². The van der Waals surface area contributed by atoms with Crippen molar-refractivity contribution in [2.45, 2.75) is 6.92 Å². The summed E-state index contributed by atoms with van der Waals surface area (Å²) in [6.45, 7) is 1.97. The summed E-state index contributed by atoms with van der Waals surface area (Å²) in [7, 11) is 3.16. The van der Waals surface area contributed by atoms with Crippen LogP contribution in [0, 0.1) is 6.92 Å². The van der Waals surface area contributed by atoms with Crippen LogP contribution >= 0.6 is 15.9 Å². The van der Waals surface area contributed by atoms with Gasteiger partial charge in [0.1, 0.15) is 0 Å². The second kappa shape index (κ2) is 6.53. The molecule has 142 valence electrons. The van der Waals surface area contributed by atoms with E-state index in [2.05, 4.69) is 15.9 Å². The Bertz CT molecular complexity index is 1360. The second-order valence-electron chi connectivity index (χ2n) is 6.86. The summed E-state index contributed by atoms with van der Waals surface area (Å²) in [5, 5.41) is 0.469. The lowest BCUT2D eigenvalue weighted by molar-refractivity contribution is 0.714. The molecule has 0 atom stereocenters. The van der Waals surface area contributed by atoms with Crippen LogP contribution < -0.4 is 17.0 Å². The SMILES string of the molecule is Cc1ccc(-n2cc3c(c2-c2ccccc2Br)c(=O)n(C)c(=O)n3C)c(N)c1. The molecule has 0 bridgehead atoms. The first-order chi connectivity index (χ1) is 13.3. The molecule has 0 amide bonds. The fourth-order valence-corrected chi connectivity index (χ4v) is 4.01. The molecule has 2 aromatic heterocycles. The predicted molar refractivity (Wildman–Crippen MR) is 116 cm³/mol. The van der Waals surface area contributed by atoms with E-state index in [1.54, 1.807) is 13.2 Å². The Hall–Kier alpha value is -3.06. The van der Waals surface area contributed by atoms with Crippen LogP contribution in [0.3, 0.4) is 0 Å². The van der Waals surface area contributed by atoms with Crippen molar-refractivity contribution < 1.29 is 0 Å². The molecule has 4 rings (SSSR count). The van der Waals surface area contributed by atoms with Gasteiger partial charge in [0.05, 0.1) is 28.0 Å². The van der Waals surface area contributed by atoms with Gasteiger partial charge in [0.2, 0.25) is 0 Å². The molecule has 2 heterocycles. The van der Waals surface area contributed by atoms with Gasteiger partial charge in [0, 0.05) is 30.3 Å². The molecule has 0 aliphatic carbocycles. The number of hydrogen-bond donors (Lipinski definition) is 1. The average Bonchev–Trinajstić information content (AvgIpc) is 3.05. The average molecular weight is 439 g/mol. The summed E-state index contributed by atoms with van der Waals surface area (Å²) in [5.41, 5.74) is 10.1. The van der Waals surface area contributed by atoms with Crippen LogP contribution in [0.2, 0.25) is 0 Å². The molecule has 28 heavy (non-hydrogen) atoms. The van der Waals surface area contributed by atoms with Gasteiger partial charge in [-0.3, -0.25) is 13.9 Å². The molecular weight excluding hydrogens is 420 g/mol.